The first kappa shape index (κ1) is 19.1. The van der Waals surface area contributed by atoms with E-state index in [9.17, 15) is 14.4 Å². The average Bonchev–Trinajstić information content (AvgIpc) is 3.24. The van der Waals surface area contributed by atoms with E-state index < -0.39 is 0 Å². The quantitative estimate of drug-likeness (QED) is 0.652. The zero-order chi connectivity index (χ0) is 20.4. The zero-order valence-corrected chi connectivity index (χ0v) is 16.7. The van der Waals surface area contributed by atoms with Gasteiger partial charge in [0.1, 0.15) is 11.3 Å². The number of hydrogen-bond donors (Lipinski definition) is 0. The molecule has 0 radical (unpaired) electrons. The van der Waals surface area contributed by atoms with Crippen LogP contribution in [0, 0.1) is 0 Å². The molecule has 3 aromatic rings. The molecule has 0 unspecified atom stereocenters. The van der Waals surface area contributed by atoms with Gasteiger partial charge in [-0.25, -0.2) is 4.98 Å². The van der Waals surface area contributed by atoms with Gasteiger partial charge in [0.05, 0.1) is 12.2 Å². The first-order chi connectivity index (χ1) is 14.1. The van der Waals surface area contributed by atoms with Crippen molar-refractivity contribution < 1.29 is 14.3 Å². The second-order valence-corrected chi connectivity index (χ2v) is 7.42. The number of thiazole rings is 1. The summed E-state index contributed by atoms with van der Waals surface area (Å²) in [5.74, 6) is 0.0779. The topological polar surface area (TPSA) is 84.2 Å². The Morgan fingerprint density at radius 3 is 2.41 bits per heavy atom. The van der Waals surface area contributed by atoms with Crippen LogP contribution in [0.1, 0.15) is 27.6 Å². The third-order valence-corrected chi connectivity index (χ3v) is 5.62. The Morgan fingerprint density at radius 1 is 1.07 bits per heavy atom. The summed E-state index contributed by atoms with van der Waals surface area (Å²) in [5, 5.41) is 1.75. The van der Waals surface area contributed by atoms with Crippen molar-refractivity contribution in [1.82, 2.24) is 19.2 Å². The SMILES string of the molecule is CCOc1ccccc1C(=O)N1CCN(C(=O)c2cnc3sccn3c2=O)CC1. The van der Waals surface area contributed by atoms with E-state index in [1.165, 1.54) is 21.9 Å². The molecular formula is C20H20N4O4S. The molecule has 3 heterocycles. The lowest BCUT2D eigenvalue weighted by Gasteiger charge is -2.34. The van der Waals surface area contributed by atoms with E-state index in [4.69, 9.17) is 4.74 Å². The van der Waals surface area contributed by atoms with Crippen molar-refractivity contribution in [3.8, 4) is 5.75 Å². The monoisotopic (exact) mass is 412 g/mol. The normalized spacial score (nSPS) is 14.2. The maximum atomic E-state index is 12.9. The Morgan fingerprint density at radius 2 is 1.72 bits per heavy atom. The number of hydrogen-bond acceptors (Lipinski definition) is 6. The lowest BCUT2D eigenvalue weighted by molar-refractivity contribution is 0.0532. The molecular weight excluding hydrogens is 392 g/mol. The molecule has 1 aliphatic rings. The van der Waals surface area contributed by atoms with Crippen molar-refractivity contribution >= 4 is 28.1 Å². The fourth-order valence-electron chi connectivity index (χ4n) is 3.35. The van der Waals surface area contributed by atoms with Crippen LogP contribution >= 0.6 is 11.3 Å². The predicted molar refractivity (Wildman–Crippen MR) is 109 cm³/mol. The lowest BCUT2D eigenvalue weighted by atomic mass is 10.1. The number of benzene rings is 1. The van der Waals surface area contributed by atoms with Crippen molar-refractivity contribution in [2.75, 3.05) is 32.8 Å². The summed E-state index contributed by atoms with van der Waals surface area (Å²) >= 11 is 1.34. The van der Waals surface area contributed by atoms with Crippen molar-refractivity contribution in [2.45, 2.75) is 6.92 Å². The number of fused-ring (bicyclic) bond motifs is 1. The van der Waals surface area contributed by atoms with E-state index in [1.807, 2.05) is 13.0 Å². The molecule has 0 aliphatic carbocycles. The van der Waals surface area contributed by atoms with Crippen LogP contribution < -0.4 is 10.3 Å². The Balaban J connectivity index is 1.46. The summed E-state index contributed by atoms with van der Waals surface area (Å²) in [4.78, 5) is 46.3. The van der Waals surface area contributed by atoms with Crippen molar-refractivity contribution in [1.29, 1.82) is 0 Å². The van der Waals surface area contributed by atoms with Gasteiger partial charge in [0.25, 0.3) is 17.4 Å². The van der Waals surface area contributed by atoms with Crippen molar-refractivity contribution in [2.24, 2.45) is 0 Å². The minimum atomic E-state index is -0.370. The first-order valence-corrected chi connectivity index (χ1v) is 10.2. The Kier molecular flexibility index (Phi) is 5.30. The van der Waals surface area contributed by atoms with Gasteiger partial charge in [-0.05, 0) is 19.1 Å². The highest BCUT2D eigenvalue weighted by atomic mass is 32.1. The van der Waals surface area contributed by atoms with E-state index in [1.54, 1.807) is 39.6 Å². The predicted octanol–water partition coefficient (Wildman–Crippen LogP) is 1.75. The summed E-state index contributed by atoms with van der Waals surface area (Å²) in [7, 11) is 0. The van der Waals surface area contributed by atoms with Crippen LogP contribution in [0.4, 0.5) is 0 Å². The molecule has 9 heteroatoms. The highest BCUT2D eigenvalue weighted by molar-refractivity contribution is 7.15. The minimum Gasteiger partial charge on any atom is -0.493 e. The van der Waals surface area contributed by atoms with Crippen LogP contribution in [-0.4, -0.2) is 63.8 Å². The second-order valence-electron chi connectivity index (χ2n) is 6.55. The number of para-hydroxylation sites is 1. The van der Waals surface area contributed by atoms with E-state index in [2.05, 4.69) is 4.98 Å². The van der Waals surface area contributed by atoms with Gasteiger partial charge in [-0.2, -0.15) is 0 Å². The standard InChI is InChI=1S/C20H20N4O4S/c1-2-28-16-6-4-3-5-14(16)17(25)22-7-9-23(10-8-22)18(26)15-13-21-20-24(19(15)27)11-12-29-20/h3-6,11-13H,2,7-10H2,1H3. The number of amides is 2. The summed E-state index contributed by atoms with van der Waals surface area (Å²) in [6.07, 6.45) is 2.95. The fraction of sp³-hybridized carbons (Fsp3) is 0.300. The van der Waals surface area contributed by atoms with Crippen LogP contribution in [0.15, 0.2) is 46.8 Å². The maximum Gasteiger partial charge on any atom is 0.271 e. The fourth-order valence-corrected chi connectivity index (χ4v) is 4.02. The largest absolute Gasteiger partial charge is 0.493 e. The summed E-state index contributed by atoms with van der Waals surface area (Å²) in [6.45, 7) is 3.84. The highest BCUT2D eigenvalue weighted by Gasteiger charge is 2.28. The van der Waals surface area contributed by atoms with Gasteiger partial charge in [0.15, 0.2) is 4.96 Å². The molecule has 0 spiro atoms. The number of carbonyl (C=O) groups excluding carboxylic acids is 2. The van der Waals surface area contributed by atoms with Gasteiger partial charge in [0.2, 0.25) is 0 Å². The number of carbonyl (C=O) groups is 2. The molecule has 1 aliphatic heterocycles. The second kappa shape index (κ2) is 8.04. The molecule has 150 valence electrons. The van der Waals surface area contributed by atoms with Gasteiger partial charge in [0, 0.05) is 44.0 Å². The van der Waals surface area contributed by atoms with E-state index >= 15 is 0 Å². The Bertz CT molecular complexity index is 1110. The molecule has 2 amide bonds. The van der Waals surface area contributed by atoms with Crippen LogP contribution in [0.5, 0.6) is 5.75 Å². The number of nitrogens with zero attached hydrogens (tertiary/aromatic N) is 4. The Labute approximate surface area is 171 Å². The van der Waals surface area contributed by atoms with Gasteiger partial charge < -0.3 is 14.5 Å². The number of piperazine rings is 1. The van der Waals surface area contributed by atoms with E-state index in [0.717, 1.165) is 0 Å². The molecule has 2 aromatic heterocycles. The van der Waals surface area contributed by atoms with Crippen LogP contribution in [0.2, 0.25) is 0 Å². The third kappa shape index (κ3) is 3.61. The van der Waals surface area contributed by atoms with Crippen molar-refractivity contribution in [3.05, 3.63) is 63.5 Å². The van der Waals surface area contributed by atoms with Gasteiger partial charge >= 0.3 is 0 Å². The number of rotatable bonds is 4. The van der Waals surface area contributed by atoms with Crippen molar-refractivity contribution in [3.63, 3.8) is 0 Å². The molecule has 1 aromatic carbocycles. The molecule has 0 N–H and O–H groups in total. The zero-order valence-electron chi connectivity index (χ0n) is 15.9. The van der Waals surface area contributed by atoms with Crippen LogP contribution in [0.3, 0.4) is 0 Å². The molecule has 0 saturated carbocycles. The molecule has 0 atom stereocenters. The van der Waals surface area contributed by atoms with Gasteiger partial charge in [-0.15, -0.1) is 11.3 Å². The summed E-state index contributed by atoms with van der Waals surface area (Å²) in [6, 6.07) is 7.15. The maximum absolute atomic E-state index is 12.9. The average molecular weight is 412 g/mol. The Hall–Kier alpha value is -3.20. The third-order valence-electron chi connectivity index (χ3n) is 4.84. The molecule has 29 heavy (non-hydrogen) atoms. The smallest absolute Gasteiger partial charge is 0.271 e. The van der Waals surface area contributed by atoms with Crippen LogP contribution in [0.25, 0.3) is 4.96 Å². The summed E-state index contributed by atoms with van der Waals surface area (Å²) < 4.78 is 6.93. The first-order valence-electron chi connectivity index (χ1n) is 9.35. The molecule has 1 fully saturated rings. The molecule has 1 saturated heterocycles. The van der Waals surface area contributed by atoms with Crippen LogP contribution in [-0.2, 0) is 0 Å². The van der Waals surface area contributed by atoms with E-state index in [0.29, 0.717) is 49.1 Å². The molecule has 4 rings (SSSR count). The number of aromatic nitrogens is 2. The van der Waals surface area contributed by atoms with E-state index in [-0.39, 0.29) is 22.9 Å². The molecule has 8 nitrogen and oxygen atoms in total. The highest BCUT2D eigenvalue weighted by Crippen LogP contribution is 2.21. The minimum absolute atomic E-state index is 0.0439. The van der Waals surface area contributed by atoms with Gasteiger partial charge in [-0.3, -0.25) is 18.8 Å². The lowest BCUT2D eigenvalue weighted by Crippen LogP contribution is -2.51. The number of ether oxygens (including phenoxy) is 1. The van der Waals surface area contributed by atoms with Gasteiger partial charge in [-0.1, -0.05) is 12.1 Å². The molecule has 0 bridgehead atoms. The summed E-state index contributed by atoms with van der Waals surface area (Å²) in [5.41, 5.74) is 0.187.